The normalized spacial score (nSPS) is 30.7. The third-order valence-corrected chi connectivity index (χ3v) is 15.3. The van der Waals surface area contributed by atoms with Crippen LogP contribution in [-0.2, 0) is 36.9 Å². The summed E-state index contributed by atoms with van der Waals surface area (Å²) >= 11 is 0. The second-order valence-electron chi connectivity index (χ2n) is 21.1. The minimum Gasteiger partial charge on any atom is -0.497 e. The van der Waals surface area contributed by atoms with E-state index < -0.39 is 72.7 Å². The molecule has 2 fully saturated rings. The van der Waals surface area contributed by atoms with Crippen molar-refractivity contribution < 1.29 is 43.9 Å². The van der Waals surface area contributed by atoms with Gasteiger partial charge in [-0.05, 0) is 122 Å². The van der Waals surface area contributed by atoms with E-state index in [2.05, 4.69) is 31.2 Å². The van der Waals surface area contributed by atoms with Crippen LogP contribution in [0, 0.1) is 23.7 Å². The second-order valence-corrected chi connectivity index (χ2v) is 21.1. The first-order valence-electron chi connectivity index (χ1n) is 26.6. The summed E-state index contributed by atoms with van der Waals surface area (Å²) in [7, 11) is 5.21. The molecule has 7 rings (SSSR count). The number of carbonyl (C=O) groups is 2. The molecule has 5 heterocycles. The summed E-state index contributed by atoms with van der Waals surface area (Å²) in [5.41, 5.74) is 4.34. The SMILES string of the molecule is CC[C@H]1OC(=O)C[C@@H](O)[C@H](C)[C@@H](O[C@@H]2O[C@H](C)[C@@H](O)[C@H](N(C)C)[C@H]2O)[C@@H](CCN(Cc2ccc(OC)cc2)Cc2cn(-c3cnc4ccccc4c3)nn2)C[C@@H](C)C(=O)/C=C/C(C)=C/[C@@H]1CN1CCCCCC1. The van der Waals surface area contributed by atoms with Gasteiger partial charge in [0, 0.05) is 42.8 Å². The quantitative estimate of drug-likeness (QED) is 0.104. The highest BCUT2D eigenvalue weighted by atomic mass is 16.7. The number of pyridine rings is 1. The van der Waals surface area contributed by atoms with Crippen molar-refractivity contribution in [3.8, 4) is 11.4 Å². The molecule has 398 valence electrons. The summed E-state index contributed by atoms with van der Waals surface area (Å²) in [6.07, 6.45) is 8.44. The molecular weight excluding hydrogens is 927 g/mol. The number of ketones is 1. The van der Waals surface area contributed by atoms with E-state index in [9.17, 15) is 24.9 Å². The van der Waals surface area contributed by atoms with Gasteiger partial charge < -0.3 is 44.1 Å². The van der Waals surface area contributed by atoms with E-state index in [-0.39, 0.29) is 18.1 Å². The number of ether oxygens (including phenoxy) is 4. The van der Waals surface area contributed by atoms with Crippen molar-refractivity contribution in [2.24, 2.45) is 23.7 Å². The highest BCUT2D eigenvalue weighted by Crippen LogP contribution is 2.35. The summed E-state index contributed by atoms with van der Waals surface area (Å²) in [4.78, 5) is 39.6. The molecule has 12 atom stereocenters. The topological polar surface area (TPSA) is 185 Å². The minimum atomic E-state index is -1.27. The van der Waals surface area contributed by atoms with Crippen molar-refractivity contribution in [3.63, 3.8) is 0 Å². The zero-order chi connectivity index (χ0) is 52.2. The van der Waals surface area contributed by atoms with Gasteiger partial charge in [-0.1, -0.05) is 86.9 Å². The molecular formula is C57H81N7O9. The van der Waals surface area contributed by atoms with Gasteiger partial charge in [0.05, 0.1) is 73.3 Å². The van der Waals surface area contributed by atoms with E-state index in [1.165, 1.54) is 12.8 Å². The number of carbonyl (C=O) groups excluding carboxylic acids is 2. The van der Waals surface area contributed by atoms with Crippen LogP contribution in [0.5, 0.6) is 5.75 Å². The maximum Gasteiger partial charge on any atom is 0.308 e. The van der Waals surface area contributed by atoms with Crippen molar-refractivity contribution in [2.75, 3.05) is 47.4 Å². The molecule has 3 aliphatic rings. The lowest BCUT2D eigenvalue weighted by molar-refractivity contribution is -0.304. The first kappa shape index (κ1) is 55.8. The molecule has 0 unspecified atom stereocenters. The number of aliphatic hydroxyl groups is 3. The van der Waals surface area contributed by atoms with Crippen LogP contribution in [0.3, 0.4) is 0 Å². The smallest absolute Gasteiger partial charge is 0.308 e. The lowest BCUT2D eigenvalue weighted by Gasteiger charge is -2.46. The monoisotopic (exact) mass is 1010 g/mol. The highest BCUT2D eigenvalue weighted by Gasteiger charge is 2.47. The van der Waals surface area contributed by atoms with Gasteiger partial charge in [0.2, 0.25) is 0 Å². The van der Waals surface area contributed by atoms with Crippen molar-refractivity contribution in [3.05, 3.63) is 102 Å². The zero-order valence-electron chi connectivity index (χ0n) is 44.3. The molecule has 4 aromatic rings. The fourth-order valence-electron chi connectivity index (χ4n) is 10.9. The Morgan fingerprint density at radius 2 is 1.66 bits per heavy atom. The standard InChI is InChI=1S/C57H81N7O9/c1-9-51-44(34-62-25-14-10-11-15-26-62)28-37(2)18-23-49(65)38(3)29-43(56(39(4)50(66)31-52(67)72-51)73-57-55(69)53(61(6)7)54(68)40(5)71-57)24-27-63(33-41-19-21-47(70-8)22-20-41)35-45-36-64(60-59-45)46-30-42-16-12-13-17-48(42)58-32-46/h12-13,16-23,28,30,32,36,38-40,43-44,50-51,53-57,66,68-69H,9-11,14-15,24-27,29,31,33-35H2,1-8H3/b23-18+,37-28+/t38-,39+,40-,43+,44-,50-,51-,53+,54-,55-,56-,57+/m1/s1. The van der Waals surface area contributed by atoms with Gasteiger partial charge in [-0.15, -0.1) is 5.10 Å². The van der Waals surface area contributed by atoms with Crippen molar-refractivity contribution in [2.45, 2.75) is 148 Å². The zero-order valence-corrected chi connectivity index (χ0v) is 44.3. The molecule has 0 amide bonds. The Kier molecular flexibility index (Phi) is 20.3. The summed E-state index contributed by atoms with van der Waals surface area (Å²) in [5.74, 6) is -1.54. The number of cyclic esters (lactones) is 1. The molecule has 0 aliphatic carbocycles. The molecule has 2 aromatic carbocycles. The van der Waals surface area contributed by atoms with Crippen LogP contribution < -0.4 is 4.74 Å². The third-order valence-electron chi connectivity index (χ3n) is 15.3. The number of allylic oxidation sites excluding steroid dienone is 3. The molecule has 3 aliphatic heterocycles. The van der Waals surface area contributed by atoms with Gasteiger partial charge in [-0.3, -0.25) is 19.5 Å². The van der Waals surface area contributed by atoms with E-state index in [1.807, 2.05) is 94.6 Å². The summed E-state index contributed by atoms with van der Waals surface area (Å²) in [6.45, 7) is 13.6. The molecule has 0 saturated carbocycles. The third kappa shape index (κ3) is 15.1. The number of nitrogens with zero attached hydrogens (tertiary/aromatic N) is 7. The number of esters is 1. The van der Waals surface area contributed by atoms with Gasteiger partial charge >= 0.3 is 5.97 Å². The van der Waals surface area contributed by atoms with Crippen LogP contribution in [0.4, 0.5) is 0 Å². The maximum atomic E-state index is 14.3. The fraction of sp³-hybridized carbons (Fsp3) is 0.596. The first-order valence-corrected chi connectivity index (χ1v) is 26.6. The molecule has 73 heavy (non-hydrogen) atoms. The predicted octanol–water partition coefficient (Wildman–Crippen LogP) is 6.93. The summed E-state index contributed by atoms with van der Waals surface area (Å²) < 4.78 is 26.8. The van der Waals surface area contributed by atoms with E-state index in [0.29, 0.717) is 38.9 Å². The van der Waals surface area contributed by atoms with Gasteiger partial charge in [-0.2, -0.15) is 0 Å². The highest BCUT2D eigenvalue weighted by molar-refractivity contribution is 5.91. The number of para-hydroxylation sites is 1. The lowest BCUT2D eigenvalue weighted by atomic mass is 9.79. The molecule has 2 aromatic heterocycles. The number of benzene rings is 2. The van der Waals surface area contributed by atoms with Gasteiger partial charge in [0.15, 0.2) is 12.1 Å². The van der Waals surface area contributed by atoms with Gasteiger partial charge in [0.1, 0.15) is 18.0 Å². The van der Waals surface area contributed by atoms with Gasteiger partial charge in [-0.25, -0.2) is 4.68 Å². The Bertz CT molecular complexity index is 2440. The molecule has 2 saturated heterocycles. The van der Waals surface area contributed by atoms with Crippen LogP contribution in [-0.4, -0.2) is 158 Å². The number of hydrogen-bond donors (Lipinski definition) is 3. The van der Waals surface area contributed by atoms with E-state index in [0.717, 1.165) is 71.6 Å². The van der Waals surface area contributed by atoms with Crippen molar-refractivity contribution >= 4 is 22.7 Å². The minimum absolute atomic E-state index is 0.0485. The number of rotatable bonds is 15. The largest absolute Gasteiger partial charge is 0.497 e. The van der Waals surface area contributed by atoms with E-state index >= 15 is 0 Å². The average molecular weight is 1010 g/mol. The molecule has 3 N–H and O–H groups in total. The van der Waals surface area contributed by atoms with E-state index in [4.69, 9.17) is 18.9 Å². The number of aromatic nitrogens is 4. The summed E-state index contributed by atoms with van der Waals surface area (Å²) in [5, 5.41) is 45.4. The number of likely N-dealkylation sites (tertiary alicyclic amines) is 1. The number of fused-ring (bicyclic) bond motifs is 1. The number of hydrogen-bond acceptors (Lipinski definition) is 15. The van der Waals surface area contributed by atoms with E-state index in [1.54, 1.807) is 50.0 Å². The fourth-order valence-corrected chi connectivity index (χ4v) is 10.9. The van der Waals surface area contributed by atoms with Crippen LogP contribution in [0.15, 0.2) is 90.8 Å². The summed E-state index contributed by atoms with van der Waals surface area (Å²) in [6, 6.07) is 17.2. The average Bonchev–Trinajstić information content (AvgIpc) is 3.69. The van der Waals surface area contributed by atoms with Crippen molar-refractivity contribution in [1.29, 1.82) is 0 Å². The molecule has 0 spiro atoms. The molecule has 16 nitrogen and oxygen atoms in total. The lowest BCUT2D eigenvalue weighted by Crippen LogP contribution is -2.63. The number of aliphatic hydroxyl groups excluding tert-OH is 3. The molecule has 0 bridgehead atoms. The Labute approximate surface area is 432 Å². The van der Waals surface area contributed by atoms with Crippen LogP contribution in [0.1, 0.15) is 97.2 Å². The molecule has 0 radical (unpaired) electrons. The van der Waals surface area contributed by atoms with Crippen LogP contribution in [0.2, 0.25) is 0 Å². The van der Waals surface area contributed by atoms with Gasteiger partial charge in [0.25, 0.3) is 0 Å². The van der Waals surface area contributed by atoms with Crippen LogP contribution in [0.25, 0.3) is 16.6 Å². The Morgan fingerprint density at radius 1 is 0.918 bits per heavy atom. The Balaban J connectivity index is 1.23. The number of methoxy groups -OCH3 is 1. The predicted molar refractivity (Wildman–Crippen MR) is 281 cm³/mol. The van der Waals surface area contributed by atoms with Crippen LogP contribution >= 0.6 is 0 Å². The first-order chi connectivity index (χ1) is 35.1. The maximum absolute atomic E-state index is 14.3. The second kappa shape index (κ2) is 26.5. The molecule has 16 heteroatoms. The Hall–Kier alpha value is -4.91. The number of likely N-dealkylation sites (N-methyl/N-ethyl adjacent to an activating group) is 1. The van der Waals surface area contributed by atoms with Crippen molar-refractivity contribution in [1.82, 2.24) is 34.7 Å². The Morgan fingerprint density at radius 3 is 2.37 bits per heavy atom.